The second kappa shape index (κ2) is 19.2. The van der Waals surface area contributed by atoms with E-state index in [9.17, 15) is 4.79 Å². The summed E-state index contributed by atoms with van der Waals surface area (Å²) in [5.41, 5.74) is 0. The van der Waals surface area contributed by atoms with Gasteiger partial charge in [0.15, 0.2) is 6.10 Å². The van der Waals surface area contributed by atoms with Crippen LogP contribution in [0.3, 0.4) is 0 Å². The van der Waals surface area contributed by atoms with Crippen LogP contribution in [0.5, 0.6) is 0 Å². The zero-order valence-electron chi connectivity index (χ0n) is 16.7. The predicted molar refractivity (Wildman–Crippen MR) is 96.5 cm³/mol. The van der Waals surface area contributed by atoms with Gasteiger partial charge >= 0.3 is 29.0 Å². The predicted octanol–water partition coefficient (Wildman–Crippen LogP) is 5.15. The van der Waals surface area contributed by atoms with Crippen LogP contribution in [0.4, 0.5) is 0 Å². The molecule has 0 aromatic carbocycles. The van der Waals surface area contributed by atoms with Crippen LogP contribution in [0.1, 0.15) is 106 Å². The second-order valence-electron chi connectivity index (χ2n) is 6.24. The molecule has 0 rings (SSSR count). The first kappa shape index (κ1) is 24.4. The largest absolute Gasteiger partial charge is 2.00 e. The van der Waals surface area contributed by atoms with Crippen molar-refractivity contribution in [3.05, 3.63) is 0 Å². The number of unbranched alkanes of at least 4 members (excludes halogenated alkanes) is 13. The number of carboxylic acids is 1. The van der Waals surface area contributed by atoms with Crippen molar-refractivity contribution in [2.24, 2.45) is 0 Å². The fourth-order valence-corrected chi connectivity index (χ4v) is 2.66. The molecule has 0 radical (unpaired) electrons. The normalized spacial score (nSPS) is 11.9. The summed E-state index contributed by atoms with van der Waals surface area (Å²) in [6.45, 7) is 2.26. The molecule has 0 aliphatic rings. The van der Waals surface area contributed by atoms with Crippen molar-refractivity contribution in [2.45, 2.75) is 109 Å². The van der Waals surface area contributed by atoms with E-state index in [0.29, 0.717) is 6.42 Å². The van der Waals surface area contributed by atoms with Crippen LogP contribution >= 0.6 is 0 Å². The van der Waals surface area contributed by atoms with E-state index in [1.807, 2.05) is 0 Å². The molecule has 1 unspecified atom stereocenters. The Morgan fingerprint density at radius 1 is 0.773 bits per heavy atom. The minimum Gasteiger partial charge on any atom is -1.00 e. The van der Waals surface area contributed by atoms with E-state index >= 15 is 0 Å². The average Bonchev–Trinajstić information content (AvgIpc) is 2.47. The molecule has 0 heterocycles. The first-order valence-corrected chi connectivity index (χ1v) is 9.09. The summed E-state index contributed by atoms with van der Waals surface area (Å²) in [5, 5.41) is 17.7. The third-order valence-corrected chi connectivity index (χ3v) is 4.12. The van der Waals surface area contributed by atoms with Gasteiger partial charge in [0.05, 0.1) is 0 Å². The Morgan fingerprint density at radius 2 is 1.09 bits per heavy atom. The number of carboxylic acid groups (broad SMARTS) is 1. The number of hydrogen-bond donors (Lipinski definition) is 2. The molecule has 0 amide bonds. The van der Waals surface area contributed by atoms with E-state index in [1.54, 1.807) is 0 Å². The molecular formula is C18H38MgO3. The Kier molecular flexibility index (Phi) is 21.4. The average molecular weight is 327 g/mol. The van der Waals surface area contributed by atoms with Gasteiger partial charge in [-0.15, -0.1) is 0 Å². The number of rotatable bonds is 16. The summed E-state index contributed by atoms with van der Waals surface area (Å²) in [6, 6.07) is 0. The molecule has 3 nitrogen and oxygen atoms in total. The molecule has 0 aromatic heterocycles. The van der Waals surface area contributed by atoms with Crippen LogP contribution in [0.2, 0.25) is 0 Å². The summed E-state index contributed by atoms with van der Waals surface area (Å²) < 4.78 is 0. The van der Waals surface area contributed by atoms with Gasteiger partial charge in [-0.05, 0) is 6.42 Å². The van der Waals surface area contributed by atoms with Gasteiger partial charge in [-0.3, -0.25) is 0 Å². The molecule has 0 spiro atoms. The first-order chi connectivity index (χ1) is 10.2. The van der Waals surface area contributed by atoms with Gasteiger partial charge in [-0.1, -0.05) is 96.8 Å². The molecule has 0 bridgehead atoms. The van der Waals surface area contributed by atoms with Crippen molar-refractivity contribution >= 4 is 29.0 Å². The third kappa shape index (κ3) is 18.2. The van der Waals surface area contributed by atoms with Gasteiger partial charge < -0.3 is 13.1 Å². The van der Waals surface area contributed by atoms with Gasteiger partial charge in [0, 0.05) is 0 Å². The summed E-state index contributed by atoms with van der Waals surface area (Å²) in [4.78, 5) is 10.4. The Hall–Kier alpha value is 0.196. The van der Waals surface area contributed by atoms with Gasteiger partial charge in [0.25, 0.3) is 0 Å². The van der Waals surface area contributed by atoms with Gasteiger partial charge in [-0.25, -0.2) is 4.79 Å². The topological polar surface area (TPSA) is 57.5 Å². The molecular weight excluding hydrogens is 288 g/mol. The van der Waals surface area contributed by atoms with Gasteiger partial charge in [-0.2, -0.15) is 0 Å². The van der Waals surface area contributed by atoms with E-state index < -0.39 is 12.1 Å². The van der Waals surface area contributed by atoms with Crippen molar-refractivity contribution in [1.82, 2.24) is 0 Å². The number of carbonyl (C=O) groups is 1. The van der Waals surface area contributed by atoms with Crippen LogP contribution < -0.4 is 0 Å². The van der Waals surface area contributed by atoms with Crippen molar-refractivity contribution in [3.63, 3.8) is 0 Å². The molecule has 0 aromatic rings. The maximum absolute atomic E-state index is 10.4. The fraction of sp³-hybridized carbons (Fsp3) is 0.944. The summed E-state index contributed by atoms with van der Waals surface area (Å²) in [7, 11) is 0. The minimum absolute atomic E-state index is 0. The van der Waals surface area contributed by atoms with Crippen molar-refractivity contribution < 1.29 is 17.9 Å². The number of aliphatic hydroxyl groups excluding tert-OH is 1. The fourth-order valence-electron chi connectivity index (χ4n) is 2.66. The molecule has 0 saturated heterocycles. The number of aliphatic hydroxyl groups is 1. The summed E-state index contributed by atoms with van der Waals surface area (Å²) in [6.07, 6.45) is 17.3. The maximum Gasteiger partial charge on any atom is 2.00 e. The Morgan fingerprint density at radius 3 is 1.41 bits per heavy atom. The molecule has 0 aliphatic heterocycles. The number of aliphatic carboxylic acids is 1. The van der Waals surface area contributed by atoms with E-state index in [4.69, 9.17) is 10.2 Å². The summed E-state index contributed by atoms with van der Waals surface area (Å²) >= 11 is 0. The van der Waals surface area contributed by atoms with Crippen LogP contribution in [-0.4, -0.2) is 45.3 Å². The first-order valence-electron chi connectivity index (χ1n) is 9.09. The smallest absolute Gasteiger partial charge is 1.00 e. The molecule has 130 valence electrons. The Balaban J connectivity index is -0.000000667. The Labute approximate surface area is 156 Å². The quantitative estimate of drug-likeness (QED) is 0.305. The zero-order chi connectivity index (χ0) is 15.8. The molecule has 2 N–H and O–H groups in total. The third-order valence-electron chi connectivity index (χ3n) is 4.12. The monoisotopic (exact) mass is 326 g/mol. The SMILES string of the molecule is CCCCCCCCCCCCCCCCC(O)C(=O)O.[H-].[H-].[Mg+2]. The van der Waals surface area contributed by atoms with Crippen LogP contribution in [-0.2, 0) is 4.79 Å². The van der Waals surface area contributed by atoms with Crippen molar-refractivity contribution in [1.29, 1.82) is 0 Å². The maximum atomic E-state index is 10.4. The van der Waals surface area contributed by atoms with E-state index in [1.165, 1.54) is 77.0 Å². The molecule has 4 heteroatoms. The van der Waals surface area contributed by atoms with Gasteiger partial charge in [0.1, 0.15) is 0 Å². The van der Waals surface area contributed by atoms with E-state index in [0.717, 1.165) is 12.8 Å². The Bertz CT molecular complexity index is 244. The molecule has 0 saturated carbocycles. The zero-order valence-corrected chi connectivity index (χ0v) is 16.1. The second-order valence-corrected chi connectivity index (χ2v) is 6.24. The minimum atomic E-state index is -1.16. The standard InChI is InChI=1S/C18H36O3.Mg.2H/c1-2-3-4-5-6-7-8-9-10-11-12-13-14-15-16-17(19)18(20)21;;;/h17,19H,2-16H2,1H3,(H,20,21);;;/q;+2;2*-1. The van der Waals surface area contributed by atoms with E-state index in [2.05, 4.69) is 6.92 Å². The van der Waals surface area contributed by atoms with Crippen LogP contribution in [0.25, 0.3) is 0 Å². The summed E-state index contributed by atoms with van der Waals surface area (Å²) in [5.74, 6) is -1.09. The molecule has 0 fully saturated rings. The van der Waals surface area contributed by atoms with Crippen molar-refractivity contribution in [2.75, 3.05) is 0 Å². The molecule has 1 atom stereocenters. The van der Waals surface area contributed by atoms with Crippen LogP contribution in [0, 0.1) is 0 Å². The van der Waals surface area contributed by atoms with Crippen molar-refractivity contribution in [3.8, 4) is 0 Å². The van der Waals surface area contributed by atoms with Crippen LogP contribution in [0.15, 0.2) is 0 Å². The number of hydrogen-bond acceptors (Lipinski definition) is 2. The molecule has 0 aliphatic carbocycles. The van der Waals surface area contributed by atoms with E-state index in [-0.39, 0.29) is 25.9 Å². The molecule has 22 heavy (non-hydrogen) atoms. The van der Waals surface area contributed by atoms with Gasteiger partial charge in [0.2, 0.25) is 0 Å².